The van der Waals surface area contributed by atoms with Gasteiger partial charge in [0.2, 0.25) is 0 Å². The third kappa shape index (κ3) is 0.922. The van der Waals surface area contributed by atoms with Crippen molar-refractivity contribution in [3.8, 4) is 0 Å². The van der Waals surface area contributed by atoms with Crippen LogP contribution in [0.2, 0.25) is 0 Å². The predicted octanol–water partition coefficient (Wildman–Crippen LogP) is 3.22. The number of fused-ring (bicyclic) bond motifs is 2. The zero-order valence-corrected chi connectivity index (χ0v) is 8.82. The molecule has 0 aliphatic heterocycles. The largest absolute Gasteiger partial charge is 0.0896 e. The molecular formula is C11H16S. The van der Waals surface area contributed by atoms with Gasteiger partial charge in [-0.2, -0.15) is 0 Å². The molecule has 0 heterocycles. The van der Waals surface area contributed by atoms with Gasteiger partial charge in [0.15, 0.2) is 0 Å². The van der Waals surface area contributed by atoms with Gasteiger partial charge in [0, 0.05) is 5.92 Å². The van der Waals surface area contributed by atoms with Gasteiger partial charge in [-0.25, -0.2) is 0 Å². The van der Waals surface area contributed by atoms with Crippen molar-refractivity contribution in [2.24, 2.45) is 23.2 Å². The van der Waals surface area contributed by atoms with Crippen LogP contribution in [0.15, 0.2) is 12.2 Å². The molecule has 0 saturated heterocycles. The van der Waals surface area contributed by atoms with Crippen molar-refractivity contribution in [3.63, 3.8) is 0 Å². The van der Waals surface area contributed by atoms with Crippen LogP contribution < -0.4 is 0 Å². The summed E-state index contributed by atoms with van der Waals surface area (Å²) in [7, 11) is 0. The summed E-state index contributed by atoms with van der Waals surface area (Å²) in [4.78, 5) is 1.21. The minimum absolute atomic E-state index is 0.422. The van der Waals surface area contributed by atoms with E-state index in [9.17, 15) is 0 Å². The summed E-state index contributed by atoms with van der Waals surface area (Å²) in [6.45, 7) is 6.83. The first-order chi connectivity index (χ1) is 5.53. The fourth-order valence-electron chi connectivity index (χ4n) is 3.13. The molecule has 66 valence electrons. The molecule has 3 atom stereocenters. The van der Waals surface area contributed by atoms with E-state index in [0.717, 1.165) is 11.8 Å². The van der Waals surface area contributed by atoms with Crippen molar-refractivity contribution in [2.75, 3.05) is 0 Å². The van der Waals surface area contributed by atoms with Gasteiger partial charge >= 0.3 is 0 Å². The lowest BCUT2D eigenvalue weighted by atomic mass is 9.70. The van der Waals surface area contributed by atoms with Crippen LogP contribution in [0.4, 0.5) is 0 Å². The maximum absolute atomic E-state index is 5.33. The molecule has 0 radical (unpaired) electrons. The number of hydrogen-bond acceptors (Lipinski definition) is 1. The normalized spacial score (nSPS) is 42.1. The van der Waals surface area contributed by atoms with Gasteiger partial charge in [-0.15, -0.1) is 0 Å². The van der Waals surface area contributed by atoms with Crippen molar-refractivity contribution in [3.05, 3.63) is 12.2 Å². The smallest absolute Gasteiger partial charge is 0.00191 e. The highest BCUT2D eigenvalue weighted by atomic mass is 32.1. The van der Waals surface area contributed by atoms with Crippen molar-refractivity contribution >= 4 is 17.1 Å². The maximum atomic E-state index is 5.33. The number of allylic oxidation sites excluding steroid dienone is 2. The van der Waals surface area contributed by atoms with E-state index in [1.165, 1.54) is 11.3 Å². The molecule has 12 heavy (non-hydrogen) atoms. The second-order valence-corrected chi connectivity index (χ2v) is 5.44. The van der Waals surface area contributed by atoms with E-state index in [-0.39, 0.29) is 0 Å². The van der Waals surface area contributed by atoms with E-state index < -0.39 is 0 Å². The molecule has 2 aliphatic rings. The van der Waals surface area contributed by atoms with Gasteiger partial charge in [-0.05, 0) is 35.5 Å². The van der Waals surface area contributed by atoms with Crippen molar-refractivity contribution < 1.29 is 0 Å². The summed E-state index contributed by atoms with van der Waals surface area (Å²) in [6.07, 6.45) is 6.10. The molecule has 0 aromatic heterocycles. The molecule has 0 N–H and O–H groups in total. The summed E-state index contributed by atoms with van der Waals surface area (Å²) < 4.78 is 0. The summed E-state index contributed by atoms with van der Waals surface area (Å²) >= 11 is 5.33. The Morgan fingerprint density at radius 3 is 2.42 bits per heavy atom. The molecular weight excluding hydrogens is 164 g/mol. The third-order valence-electron chi connectivity index (χ3n) is 3.74. The summed E-state index contributed by atoms with van der Waals surface area (Å²) in [6, 6.07) is 0. The molecule has 2 bridgehead atoms. The predicted molar refractivity (Wildman–Crippen MR) is 56.3 cm³/mol. The van der Waals surface area contributed by atoms with Crippen LogP contribution in [0, 0.1) is 23.2 Å². The Kier molecular flexibility index (Phi) is 1.69. The fraction of sp³-hybridized carbons (Fsp3) is 0.727. The van der Waals surface area contributed by atoms with Crippen LogP contribution in [0.3, 0.4) is 0 Å². The first-order valence-electron chi connectivity index (χ1n) is 4.72. The standard InChI is InChI=1S/C11H16S/c1-7(12)10-8-4-5-9(6-8)11(10,2)3/h4-5,8-10H,6H2,1-3H3/t8-,9+,10+/m1/s1. The van der Waals surface area contributed by atoms with Gasteiger partial charge in [0.1, 0.15) is 0 Å². The van der Waals surface area contributed by atoms with Crippen molar-refractivity contribution in [1.82, 2.24) is 0 Å². The third-order valence-corrected chi connectivity index (χ3v) is 3.99. The minimum atomic E-state index is 0.422. The molecule has 1 heteroatoms. The zero-order chi connectivity index (χ0) is 8.93. The van der Waals surface area contributed by atoms with Gasteiger partial charge in [-0.1, -0.05) is 38.2 Å². The average molecular weight is 180 g/mol. The highest BCUT2D eigenvalue weighted by Crippen LogP contribution is 2.56. The monoisotopic (exact) mass is 180 g/mol. The van der Waals surface area contributed by atoms with Crippen LogP contribution in [-0.2, 0) is 0 Å². The minimum Gasteiger partial charge on any atom is -0.0896 e. The van der Waals surface area contributed by atoms with E-state index >= 15 is 0 Å². The molecule has 0 aromatic carbocycles. The van der Waals surface area contributed by atoms with Crippen LogP contribution in [0.25, 0.3) is 0 Å². The van der Waals surface area contributed by atoms with Crippen LogP contribution in [0.1, 0.15) is 27.2 Å². The molecule has 0 nitrogen and oxygen atoms in total. The summed E-state index contributed by atoms with van der Waals surface area (Å²) in [5.41, 5.74) is 0.422. The quantitative estimate of drug-likeness (QED) is 0.441. The number of rotatable bonds is 1. The Morgan fingerprint density at radius 1 is 1.42 bits per heavy atom. The van der Waals surface area contributed by atoms with Gasteiger partial charge < -0.3 is 0 Å². The lowest BCUT2D eigenvalue weighted by molar-refractivity contribution is 0.251. The molecule has 2 rings (SSSR count). The molecule has 0 unspecified atom stereocenters. The van der Waals surface area contributed by atoms with Gasteiger partial charge in [0.05, 0.1) is 0 Å². The van der Waals surface area contributed by atoms with Crippen LogP contribution in [0.5, 0.6) is 0 Å². The molecule has 0 amide bonds. The Labute approximate surface area is 80.0 Å². The number of hydrogen-bond donors (Lipinski definition) is 0. The van der Waals surface area contributed by atoms with Crippen LogP contribution >= 0.6 is 12.2 Å². The molecule has 0 aromatic rings. The Morgan fingerprint density at radius 2 is 2.08 bits per heavy atom. The maximum Gasteiger partial charge on any atom is 0.00191 e. The van der Waals surface area contributed by atoms with E-state index in [0.29, 0.717) is 11.3 Å². The van der Waals surface area contributed by atoms with E-state index in [2.05, 4.69) is 32.9 Å². The average Bonchev–Trinajstić information content (AvgIpc) is 2.41. The van der Waals surface area contributed by atoms with Crippen molar-refractivity contribution in [1.29, 1.82) is 0 Å². The Hall–Kier alpha value is -0.170. The van der Waals surface area contributed by atoms with E-state index in [1.54, 1.807) is 0 Å². The lowest BCUT2D eigenvalue weighted by Gasteiger charge is -2.35. The topological polar surface area (TPSA) is 0 Å². The highest BCUT2D eigenvalue weighted by Gasteiger charge is 2.50. The van der Waals surface area contributed by atoms with E-state index in [1.807, 2.05) is 0 Å². The van der Waals surface area contributed by atoms with Crippen molar-refractivity contribution in [2.45, 2.75) is 27.2 Å². The molecule has 2 aliphatic carbocycles. The first kappa shape index (κ1) is 8.43. The highest BCUT2D eigenvalue weighted by molar-refractivity contribution is 7.80. The summed E-state index contributed by atoms with van der Waals surface area (Å²) in [5.74, 6) is 2.19. The second kappa shape index (κ2) is 2.41. The van der Waals surface area contributed by atoms with Gasteiger partial charge in [-0.3, -0.25) is 0 Å². The first-order valence-corrected chi connectivity index (χ1v) is 5.13. The molecule has 0 spiro atoms. The fourth-order valence-corrected chi connectivity index (χ4v) is 3.61. The second-order valence-electron chi connectivity index (χ2n) is 4.80. The van der Waals surface area contributed by atoms with Gasteiger partial charge in [0.25, 0.3) is 0 Å². The Balaban J connectivity index is 2.36. The summed E-state index contributed by atoms with van der Waals surface area (Å²) in [5, 5.41) is 0. The zero-order valence-electron chi connectivity index (χ0n) is 8.00. The number of thiocarbonyl (C=S) groups is 1. The molecule has 1 saturated carbocycles. The Bertz CT molecular complexity index is 250. The van der Waals surface area contributed by atoms with E-state index in [4.69, 9.17) is 12.2 Å². The molecule has 1 fully saturated rings. The lowest BCUT2D eigenvalue weighted by Crippen LogP contribution is -2.32. The SMILES string of the molecule is CC(=S)[C@H]1[C@@H]2C=C[C@@H](C2)C1(C)C. The van der Waals surface area contributed by atoms with Crippen LogP contribution in [-0.4, -0.2) is 4.86 Å².